The quantitative estimate of drug-likeness (QED) is 0.194. The molecule has 4 rings (SSSR count). The lowest BCUT2D eigenvalue weighted by atomic mass is 10.0. The van der Waals surface area contributed by atoms with Crippen molar-refractivity contribution in [1.82, 2.24) is 0 Å². The maximum absolute atomic E-state index is 5.98. The highest BCUT2D eigenvalue weighted by Gasteiger charge is 2.41. The Morgan fingerprint density at radius 2 is 1.32 bits per heavy atom. The maximum atomic E-state index is 5.98. The van der Waals surface area contributed by atoms with Crippen LogP contribution in [-0.4, -0.2) is 32.4 Å². The molecule has 2 aromatic carbocycles. The van der Waals surface area contributed by atoms with Crippen LogP contribution in [0.1, 0.15) is 102 Å². The molecule has 2 aromatic rings. The molecule has 0 N–H and O–H groups in total. The van der Waals surface area contributed by atoms with Crippen LogP contribution in [0, 0.1) is 5.92 Å². The summed E-state index contributed by atoms with van der Waals surface area (Å²) < 4.78 is 23.4. The van der Waals surface area contributed by atoms with Crippen LogP contribution < -0.4 is 4.74 Å². The monoisotopic (exact) mass is 522 g/mol. The first-order chi connectivity index (χ1) is 18.8. The summed E-state index contributed by atoms with van der Waals surface area (Å²) in [5.74, 6) is 0.832. The van der Waals surface area contributed by atoms with E-state index in [1.807, 2.05) is 0 Å². The fraction of sp³-hybridized carbons (Fsp3) is 0.647. The highest BCUT2D eigenvalue weighted by atomic mass is 16.9. The molecule has 2 heterocycles. The zero-order valence-corrected chi connectivity index (χ0v) is 23.8. The van der Waals surface area contributed by atoms with Crippen molar-refractivity contribution >= 4 is 0 Å². The number of rotatable bonds is 17. The Balaban J connectivity index is 0.952. The second kappa shape index (κ2) is 16.3. The summed E-state index contributed by atoms with van der Waals surface area (Å²) in [4.78, 5) is 0. The van der Waals surface area contributed by atoms with E-state index in [-0.39, 0.29) is 0 Å². The zero-order valence-electron chi connectivity index (χ0n) is 23.8. The van der Waals surface area contributed by atoms with Crippen molar-refractivity contribution in [2.45, 2.75) is 109 Å². The Morgan fingerprint density at radius 1 is 0.711 bits per heavy atom. The molecule has 2 saturated heterocycles. The van der Waals surface area contributed by atoms with Crippen LogP contribution in [-0.2, 0) is 20.6 Å². The minimum atomic E-state index is -0.685. The second-order valence-electron chi connectivity index (χ2n) is 11.3. The summed E-state index contributed by atoms with van der Waals surface area (Å²) in [6.45, 7) is 5.41. The van der Waals surface area contributed by atoms with E-state index in [2.05, 4.69) is 55.5 Å². The SMILES string of the molecule is CCCCc1ccc(-c2ccc(OCCCCCCCCCCCC3COC4(CCCO4)OC3)cc2)cc1. The average molecular weight is 523 g/mol. The summed E-state index contributed by atoms with van der Waals surface area (Å²) in [6.07, 6.45) is 18.6. The number of unbranched alkanes of at least 4 members (excludes halogenated alkanes) is 9. The summed E-state index contributed by atoms with van der Waals surface area (Å²) >= 11 is 0. The van der Waals surface area contributed by atoms with Gasteiger partial charge in [0.1, 0.15) is 5.75 Å². The highest BCUT2D eigenvalue weighted by Crippen LogP contribution is 2.33. The number of ether oxygens (including phenoxy) is 4. The van der Waals surface area contributed by atoms with Gasteiger partial charge in [-0.3, -0.25) is 0 Å². The molecule has 210 valence electrons. The van der Waals surface area contributed by atoms with Gasteiger partial charge in [-0.2, -0.15) is 0 Å². The number of hydrogen-bond donors (Lipinski definition) is 0. The van der Waals surface area contributed by atoms with Gasteiger partial charge in [-0.1, -0.05) is 101 Å². The van der Waals surface area contributed by atoms with Crippen molar-refractivity contribution in [1.29, 1.82) is 0 Å². The predicted molar refractivity (Wildman–Crippen MR) is 155 cm³/mol. The molecule has 2 fully saturated rings. The molecule has 0 radical (unpaired) electrons. The van der Waals surface area contributed by atoms with Crippen molar-refractivity contribution in [2.24, 2.45) is 5.92 Å². The third kappa shape index (κ3) is 9.70. The largest absolute Gasteiger partial charge is 0.494 e. The van der Waals surface area contributed by atoms with Gasteiger partial charge in [0.25, 0.3) is 5.97 Å². The van der Waals surface area contributed by atoms with Gasteiger partial charge in [0.05, 0.1) is 26.4 Å². The maximum Gasteiger partial charge on any atom is 0.282 e. The second-order valence-corrected chi connectivity index (χ2v) is 11.3. The van der Waals surface area contributed by atoms with Crippen LogP contribution in [0.25, 0.3) is 11.1 Å². The normalized spacial score (nSPS) is 21.2. The van der Waals surface area contributed by atoms with Crippen LogP contribution in [0.3, 0.4) is 0 Å². The van der Waals surface area contributed by atoms with Gasteiger partial charge in [-0.25, -0.2) is 0 Å². The van der Waals surface area contributed by atoms with Crippen LogP contribution in [0.15, 0.2) is 48.5 Å². The van der Waals surface area contributed by atoms with Gasteiger partial charge in [-0.15, -0.1) is 0 Å². The summed E-state index contributed by atoms with van der Waals surface area (Å²) in [7, 11) is 0. The third-order valence-corrected chi connectivity index (χ3v) is 8.01. The van der Waals surface area contributed by atoms with E-state index < -0.39 is 5.97 Å². The summed E-state index contributed by atoms with van der Waals surface area (Å²) in [5.41, 5.74) is 3.96. The molecule has 4 nitrogen and oxygen atoms in total. The fourth-order valence-corrected chi connectivity index (χ4v) is 5.51. The van der Waals surface area contributed by atoms with E-state index in [4.69, 9.17) is 18.9 Å². The molecule has 0 atom stereocenters. The average Bonchev–Trinajstić information content (AvgIpc) is 3.42. The summed E-state index contributed by atoms with van der Waals surface area (Å²) in [6, 6.07) is 17.6. The Hall–Kier alpha value is -1.88. The van der Waals surface area contributed by atoms with Crippen molar-refractivity contribution in [3.05, 3.63) is 54.1 Å². The van der Waals surface area contributed by atoms with E-state index in [0.717, 1.165) is 51.4 Å². The zero-order chi connectivity index (χ0) is 26.3. The lowest BCUT2D eigenvalue weighted by Gasteiger charge is -2.36. The molecule has 0 aromatic heterocycles. The predicted octanol–water partition coefficient (Wildman–Crippen LogP) is 9.10. The summed E-state index contributed by atoms with van der Waals surface area (Å²) in [5, 5.41) is 0. The first kappa shape index (κ1) is 29.1. The van der Waals surface area contributed by atoms with Gasteiger partial charge < -0.3 is 18.9 Å². The Kier molecular flexibility index (Phi) is 12.5. The van der Waals surface area contributed by atoms with Gasteiger partial charge in [0.15, 0.2) is 0 Å². The van der Waals surface area contributed by atoms with Crippen LogP contribution in [0.5, 0.6) is 5.75 Å². The molecule has 0 bridgehead atoms. The molecule has 0 amide bonds. The topological polar surface area (TPSA) is 36.9 Å². The van der Waals surface area contributed by atoms with Crippen molar-refractivity contribution in [2.75, 3.05) is 26.4 Å². The van der Waals surface area contributed by atoms with Crippen molar-refractivity contribution in [3.63, 3.8) is 0 Å². The molecule has 2 aliphatic rings. The highest BCUT2D eigenvalue weighted by molar-refractivity contribution is 5.64. The minimum Gasteiger partial charge on any atom is -0.494 e. The first-order valence-corrected chi connectivity index (χ1v) is 15.5. The lowest BCUT2D eigenvalue weighted by Crippen LogP contribution is -2.43. The van der Waals surface area contributed by atoms with Gasteiger partial charge >= 0.3 is 0 Å². The molecule has 38 heavy (non-hydrogen) atoms. The van der Waals surface area contributed by atoms with Gasteiger partial charge in [0.2, 0.25) is 0 Å². The molecule has 0 unspecified atom stereocenters. The van der Waals surface area contributed by atoms with Crippen LogP contribution >= 0.6 is 0 Å². The van der Waals surface area contributed by atoms with Gasteiger partial charge in [-0.05, 0) is 60.9 Å². The Labute approximate surface area is 231 Å². The van der Waals surface area contributed by atoms with Gasteiger partial charge in [0, 0.05) is 12.3 Å². The molecular formula is C34H50O4. The third-order valence-electron chi connectivity index (χ3n) is 8.01. The number of aryl methyl sites for hydroxylation is 1. The van der Waals surface area contributed by atoms with E-state index in [1.54, 1.807) is 0 Å². The fourth-order valence-electron chi connectivity index (χ4n) is 5.51. The Morgan fingerprint density at radius 3 is 1.92 bits per heavy atom. The van der Waals surface area contributed by atoms with Crippen molar-refractivity contribution in [3.8, 4) is 16.9 Å². The molecular weight excluding hydrogens is 472 g/mol. The van der Waals surface area contributed by atoms with E-state index in [0.29, 0.717) is 5.92 Å². The molecule has 4 heteroatoms. The van der Waals surface area contributed by atoms with Crippen LogP contribution in [0.2, 0.25) is 0 Å². The lowest BCUT2D eigenvalue weighted by molar-refractivity contribution is -0.390. The minimum absolute atomic E-state index is 0.539. The van der Waals surface area contributed by atoms with Crippen molar-refractivity contribution < 1.29 is 18.9 Å². The standard InChI is InChI=1S/C34H50O4/c1-2-3-14-29-16-18-31(19-17-29)32-20-22-33(23-21-32)35-25-12-10-8-6-4-5-7-9-11-15-30-27-37-34(38-28-30)24-13-26-36-34/h16-23,30H,2-15,24-28H2,1H3. The Bertz CT molecular complexity index is 876. The first-order valence-electron chi connectivity index (χ1n) is 15.5. The molecule has 2 aliphatic heterocycles. The molecule has 0 saturated carbocycles. The van der Waals surface area contributed by atoms with E-state index in [1.165, 1.54) is 93.7 Å². The van der Waals surface area contributed by atoms with E-state index >= 15 is 0 Å². The number of hydrogen-bond acceptors (Lipinski definition) is 4. The molecule has 1 spiro atoms. The number of benzene rings is 2. The van der Waals surface area contributed by atoms with E-state index in [9.17, 15) is 0 Å². The van der Waals surface area contributed by atoms with Crippen LogP contribution in [0.4, 0.5) is 0 Å². The molecule has 0 aliphatic carbocycles. The smallest absolute Gasteiger partial charge is 0.282 e.